The Kier molecular flexibility index (Phi) is 3.86. The Morgan fingerprint density at radius 1 is 1.10 bits per heavy atom. The van der Waals surface area contributed by atoms with E-state index in [4.69, 9.17) is 0 Å². The van der Waals surface area contributed by atoms with Crippen molar-refractivity contribution in [2.45, 2.75) is 35.4 Å². The fraction of sp³-hybridized carbons (Fsp3) is 0.333. The van der Waals surface area contributed by atoms with Gasteiger partial charge in [0.2, 0.25) is 0 Å². The van der Waals surface area contributed by atoms with Crippen LogP contribution in [0.15, 0.2) is 46.0 Å². The van der Waals surface area contributed by atoms with Crippen LogP contribution in [0.3, 0.4) is 0 Å². The Labute approximate surface area is 127 Å². The van der Waals surface area contributed by atoms with Crippen LogP contribution in [0.4, 0.5) is 4.39 Å². The maximum Gasteiger partial charge on any atom is 0.250 e. The van der Waals surface area contributed by atoms with Crippen LogP contribution in [-0.4, -0.2) is 8.42 Å². The minimum Gasteiger partial charge on any atom is -0.207 e. The Bertz CT molecular complexity index is 720. The first-order valence-electron chi connectivity index (χ1n) is 6.86. The molecule has 0 amide bonds. The second kappa shape index (κ2) is 5.51. The van der Waals surface area contributed by atoms with E-state index in [0.29, 0.717) is 18.4 Å². The van der Waals surface area contributed by atoms with Gasteiger partial charge in [0.05, 0.1) is 5.54 Å². The summed E-state index contributed by atoms with van der Waals surface area (Å²) < 4.78 is 42.2. The number of hydrogen-bond acceptors (Lipinski definition) is 3. The molecule has 1 saturated carbocycles. The smallest absolute Gasteiger partial charge is 0.207 e. The molecule has 1 aliphatic rings. The van der Waals surface area contributed by atoms with Gasteiger partial charge < -0.3 is 0 Å². The standard InChI is InChI=1S/C15H16FNO2S2/c16-13-7-2-1-6-12(13)15(9-3-4-10-15)17-21(18,19)14-8-5-11-20-14/h1-2,5-8,11,17H,3-4,9-10H2. The number of hydrogen-bond donors (Lipinski definition) is 1. The van der Waals surface area contributed by atoms with Crippen molar-refractivity contribution < 1.29 is 12.8 Å². The molecule has 1 aromatic carbocycles. The molecule has 1 N–H and O–H groups in total. The van der Waals surface area contributed by atoms with Crippen LogP contribution in [0, 0.1) is 5.82 Å². The molecule has 112 valence electrons. The van der Waals surface area contributed by atoms with Gasteiger partial charge in [0.25, 0.3) is 10.0 Å². The molecule has 1 heterocycles. The van der Waals surface area contributed by atoms with E-state index in [0.717, 1.165) is 12.8 Å². The highest BCUT2D eigenvalue weighted by atomic mass is 32.2. The molecule has 0 spiro atoms. The van der Waals surface area contributed by atoms with Crippen molar-refractivity contribution in [3.63, 3.8) is 0 Å². The number of sulfonamides is 1. The van der Waals surface area contributed by atoms with Gasteiger partial charge in [-0.05, 0) is 30.4 Å². The number of benzene rings is 1. The Hall–Kier alpha value is -1.24. The van der Waals surface area contributed by atoms with Crippen LogP contribution < -0.4 is 4.72 Å². The molecule has 3 rings (SSSR count). The summed E-state index contributed by atoms with van der Waals surface area (Å²) in [7, 11) is -3.62. The average Bonchev–Trinajstić information content (AvgIpc) is 3.10. The number of thiophene rings is 1. The molecular weight excluding hydrogens is 309 g/mol. The van der Waals surface area contributed by atoms with Crippen LogP contribution in [-0.2, 0) is 15.6 Å². The van der Waals surface area contributed by atoms with Gasteiger partial charge in [-0.3, -0.25) is 0 Å². The van der Waals surface area contributed by atoms with Crippen molar-refractivity contribution in [1.82, 2.24) is 4.72 Å². The highest BCUT2D eigenvalue weighted by Crippen LogP contribution is 2.41. The maximum atomic E-state index is 14.2. The van der Waals surface area contributed by atoms with E-state index >= 15 is 0 Å². The summed E-state index contributed by atoms with van der Waals surface area (Å²) in [6.45, 7) is 0. The van der Waals surface area contributed by atoms with Crippen molar-refractivity contribution in [1.29, 1.82) is 0 Å². The molecule has 0 aliphatic heterocycles. The van der Waals surface area contributed by atoms with Crippen LogP contribution in [0.2, 0.25) is 0 Å². The van der Waals surface area contributed by atoms with Gasteiger partial charge in [-0.25, -0.2) is 12.8 Å². The van der Waals surface area contributed by atoms with Gasteiger partial charge in [0.15, 0.2) is 0 Å². The highest BCUT2D eigenvalue weighted by Gasteiger charge is 2.41. The molecule has 0 saturated heterocycles. The monoisotopic (exact) mass is 325 g/mol. The zero-order chi connectivity index (χ0) is 14.9. The van der Waals surface area contributed by atoms with Gasteiger partial charge in [0, 0.05) is 5.56 Å². The van der Waals surface area contributed by atoms with E-state index in [9.17, 15) is 12.8 Å². The SMILES string of the molecule is O=S(=O)(NC1(c2ccccc2F)CCCC1)c1cccs1. The second-order valence-corrected chi connectivity index (χ2v) is 8.16. The van der Waals surface area contributed by atoms with Gasteiger partial charge >= 0.3 is 0 Å². The molecule has 0 bridgehead atoms. The van der Waals surface area contributed by atoms with Crippen LogP contribution in [0.25, 0.3) is 0 Å². The lowest BCUT2D eigenvalue weighted by Gasteiger charge is -2.30. The molecule has 0 unspecified atom stereocenters. The van der Waals surface area contributed by atoms with Gasteiger partial charge in [-0.1, -0.05) is 37.1 Å². The summed E-state index contributed by atoms with van der Waals surface area (Å²) in [6, 6.07) is 9.69. The van der Waals surface area contributed by atoms with Crippen LogP contribution in [0.1, 0.15) is 31.2 Å². The quantitative estimate of drug-likeness (QED) is 0.933. The number of halogens is 1. The molecule has 3 nitrogen and oxygen atoms in total. The first-order valence-corrected chi connectivity index (χ1v) is 9.22. The summed E-state index contributed by atoms with van der Waals surface area (Å²) in [5.41, 5.74) is -0.378. The Morgan fingerprint density at radius 2 is 1.81 bits per heavy atom. The van der Waals surface area contributed by atoms with Gasteiger partial charge in [0.1, 0.15) is 10.0 Å². The zero-order valence-electron chi connectivity index (χ0n) is 11.4. The minimum atomic E-state index is -3.62. The van der Waals surface area contributed by atoms with Crippen LogP contribution in [0.5, 0.6) is 0 Å². The lowest BCUT2D eigenvalue weighted by Crippen LogP contribution is -2.44. The van der Waals surface area contributed by atoms with E-state index in [1.807, 2.05) is 0 Å². The highest BCUT2D eigenvalue weighted by molar-refractivity contribution is 7.91. The van der Waals surface area contributed by atoms with E-state index in [1.54, 1.807) is 35.7 Å². The Balaban J connectivity index is 2.02. The second-order valence-electron chi connectivity index (χ2n) is 5.31. The number of nitrogens with one attached hydrogen (secondary N) is 1. The normalized spacial score (nSPS) is 18.0. The zero-order valence-corrected chi connectivity index (χ0v) is 13.0. The largest absolute Gasteiger partial charge is 0.250 e. The summed E-state index contributed by atoms with van der Waals surface area (Å²) in [5, 5.41) is 1.72. The topological polar surface area (TPSA) is 46.2 Å². The number of rotatable bonds is 4. The first-order chi connectivity index (χ1) is 10.0. The summed E-state index contributed by atoms with van der Waals surface area (Å²) >= 11 is 1.17. The molecule has 0 atom stereocenters. The predicted octanol–water partition coefficient (Wildman–Crippen LogP) is 3.64. The van der Waals surface area contributed by atoms with E-state index in [-0.39, 0.29) is 10.0 Å². The Morgan fingerprint density at radius 3 is 2.43 bits per heavy atom. The molecule has 1 aliphatic carbocycles. The molecule has 1 aromatic heterocycles. The summed E-state index contributed by atoms with van der Waals surface area (Å²) in [6.07, 6.45) is 3.03. The molecule has 1 fully saturated rings. The lowest BCUT2D eigenvalue weighted by molar-refractivity contribution is 0.386. The minimum absolute atomic E-state index is 0.269. The summed E-state index contributed by atoms with van der Waals surface area (Å²) in [4.78, 5) is 0. The summed E-state index contributed by atoms with van der Waals surface area (Å²) in [5.74, 6) is -0.353. The van der Waals surface area contributed by atoms with Crippen molar-refractivity contribution >= 4 is 21.4 Å². The van der Waals surface area contributed by atoms with E-state index < -0.39 is 15.6 Å². The van der Waals surface area contributed by atoms with Crippen molar-refractivity contribution in [3.05, 3.63) is 53.2 Å². The van der Waals surface area contributed by atoms with Gasteiger partial charge in [-0.2, -0.15) is 4.72 Å². The lowest BCUT2D eigenvalue weighted by atomic mass is 9.89. The van der Waals surface area contributed by atoms with Crippen molar-refractivity contribution in [2.24, 2.45) is 0 Å². The third-order valence-electron chi connectivity index (χ3n) is 3.94. The maximum absolute atomic E-state index is 14.2. The van der Waals surface area contributed by atoms with Crippen molar-refractivity contribution in [2.75, 3.05) is 0 Å². The molecule has 21 heavy (non-hydrogen) atoms. The van der Waals surface area contributed by atoms with Gasteiger partial charge in [-0.15, -0.1) is 11.3 Å². The molecule has 6 heteroatoms. The molecular formula is C15H16FNO2S2. The third-order valence-corrected chi connectivity index (χ3v) is 6.87. The van der Waals surface area contributed by atoms with Crippen molar-refractivity contribution in [3.8, 4) is 0 Å². The first kappa shape index (κ1) is 14.7. The van der Waals surface area contributed by atoms with E-state index in [1.165, 1.54) is 17.4 Å². The third kappa shape index (κ3) is 2.75. The fourth-order valence-corrected chi connectivity index (χ4v) is 5.41. The molecule has 0 radical (unpaired) electrons. The molecule has 2 aromatic rings. The van der Waals surface area contributed by atoms with Crippen LogP contribution >= 0.6 is 11.3 Å². The van der Waals surface area contributed by atoms with E-state index in [2.05, 4.69) is 4.72 Å². The average molecular weight is 325 g/mol. The fourth-order valence-electron chi connectivity index (χ4n) is 2.98. The predicted molar refractivity (Wildman–Crippen MR) is 81.2 cm³/mol.